The molecule has 0 heterocycles. The first-order valence-corrected chi connectivity index (χ1v) is 5.20. The molecule has 2 atom stereocenters. The molecular formula is C12H19NO. The molecule has 1 aromatic rings. The van der Waals surface area contributed by atoms with E-state index in [9.17, 15) is 5.11 Å². The van der Waals surface area contributed by atoms with Crippen LogP contribution >= 0.6 is 0 Å². The van der Waals surface area contributed by atoms with E-state index < -0.39 is 0 Å². The van der Waals surface area contributed by atoms with Gasteiger partial charge in [-0.2, -0.15) is 0 Å². The van der Waals surface area contributed by atoms with Crippen molar-refractivity contribution in [2.45, 2.75) is 32.4 Å². The number of nitrogens with one attached hydrogen (secondary N) is 1. The molecule has 2 N–H and O–H groups in total. The lowest BCUT2D eigenvalue weighted by molar-refractivity contribution is 0.185. The molecule has 0 unspecified atom stereocenters. The van der Waals surface area contributed by atoms with Crippen molar-refractivity contribution in [1.82, 2.24) is 5.32 Å². The Bertz CT molecular complexity index is 246. The Morgan fingerprint density at radius 1 is 1.29 bits per heavy atom. The number of hydrogen-bond acceptors (Lipinski definition) is 2. The molecule has 0 aromatic heterocycles. The summed E-state index contributed by atoms with van der Waals surface area (Å²) in [7, 11) is 0. The van der Waals surface area contributed by atoms with E-state index >= 15 is 0 Å². The predicted octanol–water partition coefficient (Wildman–Crippen LogP) is 2.11. The van der Waals surface area contributed by atoms with E-state index in [1.54, 1.807) is 6.92 Å². The third-order valence-electron chi connectivity index (χ3n) is 2.27. The van der Waals surface area contributed by atoms with Crippen LogP contribution in [0.2, 0.25) is 0 Å². The van der Waals surface area contributed by atoms with Crippen molar-refractivity contribution >= 4 is 0 Å². The average molecular weight is 193 g/mol. The Hall–Kier alpha value is -0.860. The van der Waals surface area contributed by atoms with Gasteiger partial charge in [-0.25, -0.2) is 0 Å². The standard InChI is InChI=1S/C12H19NO/c1-3-12(13-9-10(2)14)11-7-5-4-6-8-11/h4-8,10,12-14H,3,9H2,1-2H3/t10-,12-/m1/s1. The smallest absolute Gasteiger partial charge is 0.0636 e. The Kier molecular flexibility index (Phi) is 4.63. The zero-order valence-corrected chi connectivity index (χ0v) is 8.90. The molecule has 1 aromatic carbocycles. The van der Waals surface area contributed by atoms with E-state index in [1.807, 2.05) is 18.2 Å². The lowest BCUT2D eigenvalue weighted by Gasteiger charge is -2.18. The lowest BCUT2D eigenvalue weighted by atomic mass is 10.0. The third kappa shape index (κ3) is 3.48. The highest BCUT2D eigenvalue weighted by Crippen LogP contribution is 2.15. The quantitative estimate of drug-likeness (QED) is 0.750. The van der Waals surface area contributed by atoms with Crippen molar-refractivity contribution in [1.29, 1.82) is 0 Å². The molecule has 0 aliphatic heterocycles. The summed E-state index contributed by atoms with van der Waals surface area (Å²) in [4.78, 5) is 0. The molecule has 1 rings (SSSR count). The second-order valence-electron chi connectivity index (χ2n) is 3.63. The van der Waals surface area contributed by atoms with E-state index in [0.29, 0.717) is 12.6 Å². The molecule has 0 aliphatic carbocycles. The second-order valence-corrected chi connectivity index (χ2v) is 3.63. The fourth-order valence-electron chi connectivity index (χ4n) is 1.50. The highest BCUT2D eigenvalue weighted by atomic mass is 16.3. The van der Waals surface area contributed by atoms with Gasteiger partial charge in [-0.15, -0.1) is 0 Å². The average Bonchev–Trinajstić information content (AvgIpc) is 2.20. The summed E-state index contributed by atoms with van der Waals surface area (Å²) < 4.78 is 0. The van der Waals surface area contributed by atoms with Crippen LogP contribution in [0.25, 0.3) is 0 Å². The molecule has 0 spiro atoms. The third-order valence-corrected chi connectivity index (χ3v) is 2.27. The van der Waals surface area contributed by atoms with Gasteiger partial charge in [-0.1, -0.05) is 37.3 Å². The van der Waals surface area contributed by atoms with Crippen molar-refractivity contribution in [2.24, 2.45) is 0 Å². The number of aliphatic hydroxyl groups is 1. The van der Waals surface area contributed by atoms with Crippen LogP contribution in [0.4, 0.5) is 0 Å². The maximum absolute atomic E-state index is 9.18. The number of benzene rings is 1. The van der Waals surface area contributed by atoms with E-state index in [2.05, 4.69) is 24.4 Å². The Morgan fingerprint density at radius 2 is 1.93 bits per heavy atom. The SMILES string of the molecule is CC[C@@H](NC[C@@H](C)O)c1ccccc1. The van der Waals surface area contributed by atoms with E-state index in [4.69, 9.17) is 0 Å². The largest absolute Gasteiger partial charge is 0.392 e. The highest BCUT2D eigenvalue weighted by molar-refractivity contribution is 5.18. The first-order valence-electron chi connectivity index (χ1n) is 5.20. The van der Waals surface area contributed by atoms with Gasteiger partial charge in [-0.05, 0) is 18.9 Å². The van der Waals surface area contributed by atoms with Crippen LogP contribution in [0.5, 0.6) is 0 Å². The monoisotopic (exact) mass is 193 g/mol. The van der Waals surface area contributed by atoms with Crippen molar-refractivity contribution in [3.63, 3.8) is 0 Å². The molecule has 0 amide bonds. The second kappa shape index (κ2) is 5.78. The fourth-order valence-corrected chi connectivity index (χ4v) is 1.50. The van der Waals surface area contributed by atoms with Crippen LogP contribution in [-0.4, -0.2) is 17.8 Å². The fraction of sp³-hybridized carbons (Fsp3) is 0.500. The zero-order valence-electron chi connectivity index (χ0n) is 8.90. The van der Waals surface area contributed by atoms with E-state index in [-0.39, 0.29) is 6.10 Å². The minimum Gasteiger partial charge on any atom is -0.392 e. The maximum Gasteiger partial charge on any atom is 0.0636 e. The molecule has 0 radical (unpaired) electrons. The Balaban J connectivity index is 2.54. The molecule has 78 valence electrons. The van der Waals surface area contributed by atoms with Crippen LogP contribution in [0.1, 0.15) is 31.9 Å². The maximum atomic E-state index is 9.18. The summed E-state index contributed by atoms with van der Waals surface area (Å²) in [5.41, 5.74) is 1.29. The summed E-state index contributed by atoms with van der Waals surface area (Å²) in [5.74, 6) is 0. The number of aliphatic hydroxyl groups excluding tert-OH is 1. The molecule has 0 saturated carbocycles. The predicted molar refractivity (Wildman–Crippen MR) is 59.2 cm³/mol. The lowest BCUT2D eigenvalue weighted by Crippen LogP contribution is -2.28. The van der Waals surface area contributed by atoms with Gasteiger partial charge in [0.1, 0.15) is 0 Å². The number of hydrogen-bond donors (Lipinski definition) is 2. The van der Waals surface area contributed by atoms with Gasteiger partial charge >= 0.3 is 0 Å². The zero-order chi connectivity index (χ0) is 10.4. The van der Waals surface area contributed by atoms with Gasteiger partial charge in [0.2, 0.25) is 0 Å². The molecule has 0 fully saturated rings. The minimum atomic E-state index is -0.284. The first kappa shape index (κ1) is 11.2. The summed E-state index contributed by atoms with van der Waals surface area (Å²) in [5, 5.41) is 12.5. The highest BCUT2D eigenvalue weighted by Gasteiger charge is 2.08. The topological polar surface area (TPSA) is 32.3 Å². The summed E-state index contributed by atoms with van der Waals surface area (Å²) in [6.07, 6.45) is 0.754. The molecule has 14 heavy (non-hydrogen) atoms. The summed E-state index contributed by atoms with van der Waals surface area (Å²) >= 11 is 0. The molecule has 0 bridgehead atoms. The van der Waals surface area contributed by atoms with Gasteiger partial charge in [0.25, 0.3) is 0 Å². The van der Waals surface area contributed by atoms with E-state index in [0.717, 1.165) is 6.42 Å². The Labute approximate surface area is 86.0 Å². The van der Waals surface area contributed by atoms with E-state index in [1.165, 1.54) is 5.56 Å². The van der Waals surface area contributed by atoms with Crippen LogP contribution in [0.15, 0.2) is 30.3 Å². The van der Waals surface area contributed by atoms with Gasteiger partial charge in [0.05, 0.1) is 6.10 Å². The van der Waals surface area contributed by atoms with Crippen molar-refractivity contribution in [3.8, 4) is 0 Å². The molecule has 2 heteroatoms. The Morgan fingerprint density at radius 3 is 2.43 bits per heavy atom. The normalized spacial score (nSPS) is 15.1. The molecule has 0 saturated heterocycles. The van der Waals surface area contributed by atoms with Crippen molar-refractivity contribution < 1.29 is 5.11 Å². The van der Waals surface area contributed by atoms with Crippen LogP contribution in [-0.2, 0) is 0 Å². The first-order chi connectivity index (χ1) is 6.74. The molecular weight excluding hydrogens is 174 g/mol. The van der Waals surface area contributed by atoms with Gasteiger partial charge in [-0.3, -0.25) is 0 Å². The van der Waals surface area contributed by atoms with Crippen molar-refractivity contribution in [2.75, 3.05) is 6.54 Å². The minimum absolute atomic E-state index is 0.284. The van der Waals surface area contributed by atoms with Crippen molar-refractivity contribution in [3.05, 3.63) is 35.9 Å². The van der Waals surface area contributed by atoms with Gasteiger partial charge in [0.15, 0.2) is 0 Å². The summed E-state index contributed by atoms with van der Waals surface area (Å²) in [6, 6.07) is 10.7. The summed E-state index contributed by atoms with van der Waals surface area (Å²) in [6.45, 7) is 4.59. The van der Waals surface area contributed by atoms with Gasteiger partial charge < -0.3 is 10.4 Å². The molecule has 2 nitrogen and oxygen atoms in total. The number of rotatable bonds is 5. The van der Waals surface area contributed by atoms with Crippen LogP contribution < -0.4 is 5.32 Å². The van der Waals surface area contributed by atoms with Gasteiger partial charge in [0, 0.05) is 12.6 Å². The molecule has 0 aliphatic rings. The van der Waals surface area contributed by atoms with Crippen LogP contribution in [0, 0.1) is 0 Å². The van der Waals surface area contributed by atoms with Crippen LogP contribution in [0.3, 0.4) is 0 Å².